The highest BCUT2D eigenvalue weighted by Crippen LogP contribution is 2.39. The lowest BCUT2D eigenvalue weighted by Crippen LogP contribution is -2.44. The van der Waals surface area contributed by atoms with Gasteiger partial charge in [-0.25, -0.2) is 9.97 Å². The van der Waals surface area contributed by atoms with Crippen LogP contribution in [0.15, 0.2) is 0 Å². The van der Waals surface area contributed by atoms with E-state index in [2.05, 4.69) is 17.1 Å². The fourth-order valence-corrected chi connectivity index (χ4v) is 4.90. The summed E-state index contributed by atoms with van der Waals surface area (Å²) in [5.41, 5.74) is 1.56. The Morgan fingerprint density at radius 2 is 1.95 bits per heavy atom. The van der Waals surface area contributed by atoms with E-state index in [1.165, 1.54) is 41.7 Å². The highest BCUT2D eigenvalue weighted by Gasteiger charge is 2.24. The van der Waals surface area contributed by atoms with Crippen molar-refractivity contribution in [2.75, 3.05) is 31.1 Å². The number of aromatic nitrogens is 2. The fraction of sp³-hybridized carbons (Fsp3) is 0.647. The first-order valence-corrected chi connectivity index (χ1v) is 9.45. The molecule has 3 heterocycles. The van der Waals surface area contributed by atoms with E-state index in [1.54, 1.807) is 10.4 Å². The van der Waals surface area contributed by atoms with Gasteiger partial charge in [0.25, 0.3) is 0 Å². The monoisotopic (exact) mass is 316 g/mol. The quantitative estimate of drug-likeness (QED) is 0.945. The molecule has 0 atom stereocenters. The number of nitrogens with one attached hydrogen (secondary N) is 1. The molecule has 1 N–H and O–H groups in total. The van der Waals surface area contributed by atoms with Crippen LogP contribution in [0.25, 0.3) is 10.2 Å². The minimum atomic E-state index is 0.984. The van der Waals surface area contributed by atoms with Crippen LogP contribution in [0.4, 0.5) is 5.82 Å². The number of hydrogen-bond donors (Lipinski definition) is 1. The van der Waals surface area contributed by atoms with Gasteiger partial charge in [-0.3, -0.25) is 0 Å². The zero-order chi connectivity index (χ0) is 14.9. The Balaban J connectivity index is 1.87. The summed E-state index contributed by atoms with van der Waals surface area (Å²) in [5, 5.41) is 4.82. The molecule has 0 bridgehead atoms. The molecule has 0 unspecified atom stereocenters. The summed E-state index contributed by atoms with van der Waals surface area (Å²) in [7, 11) is 0. The van der Waals surface area contributed by atoms with Crippen LogP contribution in [0, 0.1) is 0 Å². The van der Waals surface area contributed by atoms with Crippen LogP contribution in [-0.4, -0.2) is 36.1 Å². The molecule has 5 heteroatoms. The van der Waals surface area contributed by atoms with Crippen molar-refractivity contribution in [2.45, 2.75) is 45.4 Å². The third-order valence-corrected chi connectivity index (χ3v) is 5.92. The van der Waals surface area contributed by atoms with Crippen molar-refractivity contribution in [2.24, 2.45) is 0 Å². The first-order valence-electron chi connectivity index (χ1n) is 8.63. The van der Waals surface area contributed by atoms with Crippen LogP contribution in [0.5, 0.6) is 0 Å². The zero-order valence-corrected chi connectivity index (χ0v) is 14.1. The Morgan fingerprint density at radius 3 is 2.77 bits per heavy atom. The summed E-state index contributed by atoms with van der Waals surface area (Å²) in [6.45, 7) is 6.43. The SMILES string of the molecule is CCCc1nc(N2CCNCC2)c2c3c(sc2n1)CCCC3. The summed E-state index contributed by atoms with van der Waals surface area (Å²) in [6, 6.07) is 0. The number of thiophene rings is 1. The maximum atomic E-state index is 4.99. The van der Waals surface area contributed by atoms with Gasteiger partial charge in [0, 0.05) is 37.5 Å². The molecular formula is C17H24N4S. The van der Waals surface area contributed by atoms with Crippen molar-refractivity contribution in [3.63, 3.8) is 0 Å². The highest BCUT2D eigenvalue weighted by atomic mass is 32.1. The number of rotatable bonds is 3. The molecule has 2 aromatic rings. The predicted molar refractivity (Wildman–Crippen MR) is 93.1 cm³/mol. The first-order chi connectivity index (χ1) is 10.9. The van der Waals surface area contributed by atoms with Crippen LogP contribution < -0.4 is 10.2 Å². The predicted octanol–water partition coefficient (Wildman–Crippen LogP) is 2.93. The Bertz CT molecular complexity index is 673. The van der Waals surface area contributed by atoms with Crippen molar-refractivity contribution in [1.29, 1.82) is 0 Å². The van der Waals surface area contributed by atoms with Crippen molar-refractivity contribution >= 4 is 27.4 Å². The average Bonchev–Trinajstić information content (AvgIpc) is 2.93. The summed E-state index contributed by atoms with van der Waals surface area (Å²) < 4.78 is 0. The lowest BCUT2D eigenvalue weighted by atomic mass is 9.97. The van der Waals surface area contributed by atoms with Gasteiger partial charge >= 0.3 is 0 Å². The van der Waals surface area contributed by atoms with E-state index in [1.807, 2.05) is 11.3 Å². The maximum absolute atomic E-state index is 4.99. The van der Waals surface area contributed by atoms with Gasteiger partial charge < -0.3 is 10.2 Å². The Hall–Kier alpha value is -1.20. The third kappa shape index (κ3) is 2.50. The second-order valence-corrected chi connectivity index (χ2v) is 7.43. The molecule has 4 rings (SSSR count). The number of aryl methyl sites for hydroxylation is 3. The Morgan fingerprint density at radius 1 is 1.14 bits per heavy atom. The smallest absolute Gasteiger partial charge is 0.141 e. The molecule has 0 aromatic carbocycles. The van der Waals surface area contributed by atoms with Crippen molar-refractivity contribution in [3.05, 3.63) is 16.3 Å². The van der Waals surface area contributed by atoms with Crippen LogP contribution in [0.1, 0.15) is 42.5 Å². The molecule has 22 heavy (non-hydrogen) atoms. The Labute approximate surface area is 136 Å². The number of anilines is 1. The molecule has 0 amide bonds. The second-order valence-electron chi connectivity index (χ2n) is 6.34. The van der Waals surface area contributed by atoms with E-state index in [4.69, 9.17) is 9.97 Å². The number of hydrogen-bond acceptors (Lipinski definition) is 5. The van der Waals surface area contributed by atoms with Gasteiger partial charge in [-0.05, 0) is 37.7 Å². The van der Waals surface area contributed by atoms with Crippen LogP contribution in [-0.2, 0) is 19.3 Å². The maximum Gasteiger partial charge on any atom is 0.141 e. The van der Waals surface area contributed by atoms with Gasteiger partial charge in [0.2, 0.25) is 0 Å². The molecule has 4 nitrogen and oxygen atoms in total. The van der Waals surface area contributed by atoms with Crippen molar-refractivity contribution in [1.82, 2.24) is 15.3 Å². The van der Waals surface area contributed by atoms with E-state index in [0.717, 1.165) is 44.8 Å². The lowest BCUT2D eigenvalue weighted by molar-refractivity contribution is 0.584. The number of fused-ring (bicyclic) bond motifs is 3. The average molecular weight is 316 g/mol. The van der Waals surface area contributed by atoms with Crippen LogP contribution in [0.2, 0.25) is 0 Å². The van der Waals surface area contributed by atoms with Crippen molar-refractivity contribution < 1.29 is 0 Å². The molecular weight excluding hydrogens is 292 g/mol. The third-order valence-electron chi connectivity index (χ3n) is 4.73. The number of piperazine rings is 1. The summed E-state index contributed by atoms with van der Waals surface area (Å²) in [6.07, 6.45) is 7.19. The zero-order valence-electron chi connectivity index (χ0n) is 13.3. The molecule has 1 fully saturated rings. The van der Waals surface area contributed by atoms with Gasteiger partial charge in [0.15, 0.2) is 0 Å². The summed E-state index contributed by atoms with van der Waals surface area (Å²) in [5.74, 6) is 2.25. The highest BCUT2D eigenvalue weighted by molar-refractivity contribution is 7.19. The Kier molecular flexibility index (Phi) is 4.01. The normalized spacial score (nSPS) is 18.7. The fourth-order valence-electron chi connectivity index (χ4n) is 3.62. The molecule has 1 aliphatic heterocycles. The van der Waals surface area contributed by atoms with Gasteiger partial charge in [0.1, 0.15) is 16.5 Å². The molecule has 0 spiro atoms. The van der Waals surface area contributed by atoms with Crippen LogP contribution >= 0.6 is 11.3 Å². The van der Waals surface area contributed by atoms with Crippen molar-refractivity contribution in [3.8, 4) is 0 Å². The summed E-state index contributed by atoms with van der Waals surface area (Å²) >= 11 is 1.92. The molecule has 118 valence electrons. The molecule has 0 saturated carbocycles. The van der Waals surface area contributed by atoms with Gasteiger partial charge in [-0.1, -0.05) is 6.92 Å². The minimum Gasteiger partial charge on any atom is -0.353 e. The number of nitrogens with zero attached hydrogens (tertiary/aromatic N) is 3. The molecule has 0 radical (unpaired) electrons. The lowest BCUT2D eigenvalue weighted by Gasteiger charge is -2.29. The van der Waals surface area contributed by atoms with E-state index in [9.17, 15) is 0 Å². The molecule has 2 aromatic heterocycles. The second kappa shape index (κ2) is 6.13. The molecule has 1 aliphatic carbocycles. The van der Waals surface area contributed by atoms with E-state index < -0.39 is 0 Å². The van der Waals surface area contributed by atoms with Gasteiger partial charge in [-0.15, -0.1) is 11.3 Å². The van der Waals surface area contributed by atoms with Crippen LogP contribution in [0.3, 0.4) is 0 Å². The summed E-state index contributed by atoms with van der Waals surface area (Å²) in [4.78, 5) is 15.2. The van der Waals surface area contributed by atoms with E-state index in [0.29, 0.717) is 0 Å². The van der Waals surface area contributed by atoms with E-state index >= 15 is 0 Å². The largest absolute Gasteiger partial charge is 0.353 e. The first kappa shape index (κ1) is 14.4. The topological polar surface area (TPSA) is 41.1 Å². The molecule has 2 aliphatic rings. The standard InChI is InChI=1S/C17H24N4S/c1-2-5-14-19-16(21-10-8-18-9-11-21)15-12-6-3-4-7-13(12)22-17(15)20-14/h18H,2-11H2,1H3. The van der Waals surface area contributed by atoms with Gasteiger partial charge in [0.05, 0.1) is 5.39 Å². The van der Waals surface area contributed by atoms with E-state index in [-0.39, 0.29) is 0 Å². The molecule has 1 saturated heterocycles. The minimum absolute atomic E-state index is 0.984. The van der Waals surface area contributed by atoms with Gasteiger partial charge in [-0.2, -0.15) is 0 Å².